The Morgan fingerprint density at radius 2 is 2.07 bits per heavy atom. The highest BCUT2D eigenvalue weighted by Crippen LogP contribution is 2.12. The van der Waals surface area contributed by atoms with E-state index in [1.54, 1.807) is 23.2 Å². The van der Waals surface area contributed by atoms with Crippen molar-refractivity contribution >= 4 is 5.78 Å². The smallest absolute Gasteiger partial charge is 0.248 e. The fraction of sp³-hybridized carbons (Fsp3) is 0. The molecule has 0 amide bonds. The lowest BCUT2D eigenvalue weighted by Gasteiger charge is -1.90. The molecule has 1 N–H and O–H groups in total. The molecule has 6 heteroatoms. The van der Waals surface area contributed by atoms with Gasteiger partial charge in [0.1, 0.15) is 6.33 Å². The zero-order valence-electron chi connectivity index (χ0n) is 7.12. The highest BCUT2D eigenvalue weighted by Gasteiger charge is 2.05. The van der Waals surface area contributed by atoms with Crippen LogP contribution in [0.25, 0.3) is 17.2 Å². The Bertz CT molecular complexity index is 523. The van der Waals surface area contributed by atoms with Gasteiger partial charge in [0, 0.05) is 18.0 Å². The number of rotatable bonds is 1. The average Bonchev–Trinajstić information content (AvgIpc) is 2.78. The van der Waals surface area contributed by atoms with Gasteiger partial charge in [-0.2, -0.15) is 14.6 Å². The molecule has 0 saturated carbocycles. The lowest BCUT2D eigenvalue weighted by atomic mass is 10.3. The number of nitrogens with one attached hydrogen (secondary N) is 1. The first kappa shape index (κ1) is 7.19. The summed E-state index contributed by atoms with van der Waals surface area (Å²) in [5.41, 5.74) is 0.942. The third kappa shape index (κ3) is 0.972. The van der Waals surface area contributed by atoms with Gasteiger partial charge in [-0.25, -0.2) is 5.10 Å². The molecule has 14 heavy (non-hydrogen) atoms. The molecule has 0 spiro atoms. The molecule has 3 rings (SSSR count). The first-order chi connectivity index (χ1) is 6.93. The molecule has 0 unspecified atom stereocenters. The molecule has 3 aromatic rings. The third-order valence-corrected chi connectivity index (χ3v) is 1.90. The van der Waals surface area contributed by atoms with Crippen molar-refractivity contribution in [3.8, 4) is 11.4 Å². The molecular weight excluding hydrogens is 180 g/mol. The second-order valence-corrected chi connectivity index (χ2v) is 2.80. The lowest BCUT2D eigenvalue weighted by molar-refractivity contribution is 0.958. The van der Waals surface area contributed by atoms with Crippen LogP contribution in [-0.2, 0) is 0 Å². The Balaban J connectivity index is 2.19. The summed E-state index contributed by atoms with van der Waals surface area (Å²) >= 11 is 0. The van der Waals surface area contributed by atoms with E-state index >= 15 is 0 Å². The van der Waals surface area contributed by atoms with Crippen LogP contribution in [0.1, 0.15) is 0 Å². The van der Waals surface area contributed by atoms with Crippen LogP contribution in [0.2, 0.25) is 0 Å². The van der Waals surface area contributed by atoms with E-state index in [2.05, 4.69) is 25.3 Å². The molecule has 0 radical (unpaired) electrons. The first-order valence-electron chi connectivity index (χ1n) is 4.09. The summed E-state index contributed by atoms with van der Waals surface area (Å²) in [6.45, 7) is 0. The maximum Gasteiger partial charge on any atom is 0.248 e. The summed E-state index contributed by atoms with van der Waals surface area (Å²) in [6.07, 6.45) is 5.00. The fourth-order valence-electron chi connectivity index (χ4n) is 1.24. The number of aromatic nitrogens is 6. The van der Waals surface area contributed by atoms with Crippen molar-refractivity contribution in [2.75, 3.05) is 0 Å². The normalized spacial score (nSPS) is 10.9. The summed E-state index contributed by atoms with van der Waals surface area (Å²) in [7, 11) is 0. The van der Waals surface area contributed by atoms with E-state index in [4.69, 9.17) is 0 Å². The number of nitrogens with zero attached hydrogens (tertiary/aromatic N) is 5. The minimum absolute atomic E-state index is 0.636. The van der Waals surface area contributed by atoms with Gasteiger partial charge in [0.05, 0.1) is 0 Å². The van der Waals surface area contributed by atoms with E-state index < -0.39 is 0 Å². The van der Waals surface area contributed by atoms with Gasteiger partial charge in [-0.15, -0.1) is 5.10 Å². The Kier molecular flexibility index (Phi) is 1.35. The van der Waals surface area contributed by atoms with Crippen LogP contribution in [0.15, 0.2) is 30.9 Å². The van der Waals surface area contributed by atoms with E-state index in [9.17, 15) is 0 Å². The molecule has 0 saturated heterocycles. The van der Waals surface area contributed by atoms with Gasteiger partial charge < -0.3 is 0 Å². The monoisotopic (exact) mass is 186 g/mol. The van der Waals surface area contributed by atoms with Crippen LogP contribution in [0.5, 0.6) is 0 Å². The van der Waals surface area contributed by atoms with Crippen LogP contribution in [-0.4, -0.2) is 29.8 Å². The van der Waals surface area contributed by atoms with Crippen molar-refractivity contribution in [3.05, 3.63) is 30.9 Å². The minimum atomic E-state index is 0.636. The number of fused-ring (bicyclic) bond motifs is 1. The van der Waals surface area contributed by atoms with Gasteiger partial charge in [0.2, 0.25) is 5.78 Å². The Morgan fingerprint density at radius 1 is 1.21 bits per heavy atom. The van der Waals surface area contributed by atoms with Crippen molar-refractivity contribution in [2.45, 2.75) is 0 Å². The second kappa shape index (κ2) is 2.63. The highest BCUT2D eigenvalue weighted by molar-refractivity contribution is 5.55. The molecule has 0 aliphatic heterocycles. The van der Waals surface area contributed by atoms with Crippen LogP contribution < -0.4 is 0 Å². The van der Waals surface area contributed by atoms with Gasteiger partial charge >= 0.3 is 0 Å². The summed E-state index contributed by atoms with van der Waals surface area (Å²) in [6, 6.07) is 3.73. The molecular formula is C8H6N6. The average molecular weight is 186 g/mol. The fourth-order valence-corrected chi connectivity index (χ4v) is 1.24. The summed E-state index contributed by atoms with van der Waals surface area (Å²) in [5.74, 6) is 1.30. The maximum atomic E-state index is 4.25. The van der Waals surface area contributed by atoms with Crippen LogP contribution >= 0.6 is 0 Å². The van der Waals surface area contributed by atoms with E-state index in [1.807, 2.05) is 12.1 Å². The minimum Gasteiger partial charge on any atom is -0.265 e. The molecule has 3 aromatic heterocycles. The SMILES string of the molecule is c1cc(-c2nc3[nH]ncn3n2)ccn1. The van der Waals surface area contributed by atoms with Crippen molar-refractivity contribution in [2.24, 2.45) is 0 Å². The molecule has 0 bridgehead atoms. The summed E-state index contributed by atoms with van der Waals surface area (Å²) < 4.78 is 1.59. The standard InChI is InChI=1S/C8H6N6/c1-3-9-4-2-6(1)7-11-8-12-10-5-14(8)13-7/h1-5H,(H,11,12,13). The molecule has 0 aliphatic carbocycles. The van der Waals surface area contributed by atoms with Gasteiger partial charge in [0.15, 0.2) is 5.82 Å². The van der Waals surface area contributed by atoms with E-state index in [0.29, 0.717) is 11.6 Å². The van der Waals surface area contributed by atoms with E-state index in [0.717, 1.165) is 5.56 Å². The molecule has 3 heterocycles. The van der Waals surface area contributed by atoms with Gasteiger partial charge in [0.25, 0.3) is 0 Å². The van der Waals surface area contributed by atoms with E-state index in [-0.39, 0.29) is 0 Å². The maximum absolute atomic E-state index is 4.25. The molecule has 0 aromatic carbocycles. The predicted molar refractivity (Wildman–Crippen MR) is 48.4 cm³/mol. The van der Waals surface area contributed by atoms with Crippen LogP contribution in [0.3, 0.4) is 0 Å². The van der Waals surface area contributed by atoms with Gasteiger partial charge in [-0.3, -0.25) is 4.98 Å². The first-order valence-corrected chi connectivity index (χ1v) is 4.09. The second-order valence-electron chi connectivity index (χ2n) is 2.80. The number of H-pyrrole nitrogens is 1. The third-order valence-electron chi connectivity index (χ3n) is 1.90. The van der Waals surface area contributed by atoms with Crippen molar-refractivity contribution in [1.82, 2.24) is 29.8 Å². The van der Waals surface area contributed by atoms with Crippen molar-refractivity contribution in [3.63, 3.8) is 0 Å². The predicted octanol–water partition coefficient (Wildman–Crippen LogP) is 0.514. The van der Waals surface area contributed by atoms with Crippen molar-refractivity contribution in [1.29, 1.82) is 0 Å². The molecule has 0 aliphatic rings. The summed E-state index contributed by atoms with van der Waals surface area (Å²) in [5, 5.41) is 10.8. The quantitative estimate of drug-likeness (QED) is 0.601. The Hall–Kier alpha value is -2.24. The van der Waals surface area contributed by atoms with Crippen LogP contribution in [0, 0.1) is 0 Å². The lowest BCUT2D eigenvalue weighted by Crippen LogP contribution is -1.83. The zero-order chi connectivity index (χ0) is 9.38. The zero-order valence-corrected chi connectivity index (χ0v) is 7.12. The van der Waals surface area contributed by atoms with Gasteiger partial charge in [-0.1, -0.05) is 0 Å². The Labute approximate surface area is 78.6 Å². The molecule has 0 atom stereocenters. The molecule has 68 valence electrons. The van der Waals surface area contributed by atoms with Crippen molar-refractivity contribution < 1.29 is 0 Å². The number of pyridine rings is 1. The van der Waals surface area contributed by atoms with Crippen LogP contribution in [0.4, 0.5) is 0 Å². The number of hydrogen-bond donors (Lipinski definition) is 1. The van der Waals surface area contributed by atoms with Gasteiger partial charge in [-0.05, 0) is 12.1 Å². The molecule has 0 fully saturated rings. The summed E-state index contributed by atoms with van der Waals surface area (Å²) in [4.78, 5) is 8.18. The number of hydrogen-bond acceptors (Lipinski definition) is 4. The largest absolute Gasteiger partial charge is 0.265 e. The Morgan fingerprint density at radius 3 is 2.86 bits per heavy atom. The topological polar surface area (TPSA) is 71.8 Å². The molecule has 6 nitrogen and oxygen atoms in total. The highest BCUT2D eigenvalue weighted by atomic mass is 15.4. The van der Waals surface area contributed by atoms with E-state index in [1.165, 1.54) is 0 Å². The number of aromatic amines is 1.